The van der Waals surface area contributed by atoms with E-state index in [2.05, 4.69) is 40.3 Å². The van der Waals surface area contributed by atoms with Crippen molar-refractivity contribution < 1.29 is 4.74 Å². The lowest BCUT2D eigenvalue weighted by Gasteiger charge is -2.13. The lowest BCUT2D eigenvalue weighted by molar-refractivity contribution is 0.303. The van der Waals surface area contributed by atoms with Gasteiger partial charge < -0.3 is 10.1 Å². The van der Waals surface area contributed by atoms with Crippen LogP contribution in [0.4, 0.5) is 0 Å². The lowest BCUT2D eigenvalue weighted by atomic mass is 10.2. The van der Waals surface area contributed by atoms with Crippen LogP contribution in [0.5, 0.6) is 5.75 Å². The Labute approximate surface area is 112 Å². The van der Waals surface area contributed by atoms with Crippen molar-refractivity contribution in [2.24, 2.45) is 0 Å². The minimum absolute atomic E-state index is 0.734. The molecule has 1 saturated carbocycles. The molecule has 17 heavy (non-hydrogen) atoms. The Hall–Kier alpha value is -0.540. The quantitative estimate of drug-likeness (QED) is 0.771. The molecule has 3 heteroatoms. The van der Waals surface area contributed by atoms with Crippen LogP contribution >= 0.6 is 15.9 Å². The maximum Gasteiger partial charge on any atom is 0.137 e. The summed E-state index contributed by atoms with van der Waals surface area (Å²) in [6.07, 6.45) is 4.91. The van der Waals surface area contributed by atoms with Crippen molar-refractivity contribution in [2.75, 3.05) is 6.61 Å². The van der Waals surface area contributed by atoms with Crippen LogP contribution in [0, 0.1) is 0 Å². The summed E-state index contributed by atoms with van der Waals surface area (Å²) >= 11 is 3.57. The van der Waals surface area contributed by atoms with Gasteiger partial charge in [-0.05, 0) is 41.3 Å². The van der Waals surface area contributed by atoms with Crippen molar-refractivity contribution >= 4 is 15.9 Å². The standard InChI is InChI=1S/C14H20BrNO/c1-2-3-9-17-14-11(5-4-6-13(14)15)10-16-12-7-8-12/h4-6,12,16H,2-3,7-10H2,1H3. The van der Waals surface area contributed by atoms with Crippen molar-refractivity contribution in [2.45, 2.75) is 45.2 Å². The van der Waals surface area contributed by atoms with E-state index in [0.29, 0.717) is 0 Å². The van der Waals surface area contributed by atoms with E-state index in [4.69, 9.17) is 4.74 Å². The molecule has 0 saturated heterocycles. The summed E-state index contributed by atoms with van der Waals surface area (Å²) in [5.74, 6) is 1.01. The number of halogens is 1. The number of ether oxygens (including phenoxy) is 1. The minimum atomic E-state index is 0.734. The number of hydrogen-bond acceptors (Lipinski definition) is 2. The fourth-order valence-electron chi connectivity index (χ4n) is 1.71. The zero-order valence-electron chi connectivity index (χ0n) is 10.3. The van der Waals surface area contributed by atoms with Crippen LogP contribution in [0.2, 0.25) is 0 Å². The first-order valence-electron chi connectivity index (χ1n) is 6.45. The Bertz CT molecular complexity index is 363. The molecule has 0 atom stereocenters. The van der Waals surface area contributed by atoms with Crippen LogP contribution in [0.1, 0.15) is 38.2 Å². The van der Waals surface area contributed by atoms with E-state index in [1.807, 2.05) is 6.07 Å². The van der Waals surface area contributed by atoms with Crippen LogP contribution in [-0.4, -0.2) is 12.6 Å². The summed E-state index contributed by atoms with van der Waals surface area (Å²) in [5, 5.41) is 3.53. The molecule has 0 bridgehead atoms. The molecule has 2 rings (SSSR count). The zero-order valence-corrected chi connectivity index (χ0v) is 11.9. The molecule has 2 nitrogen and oxygen atoms in total. The minimum Gasteiger partial charge on any atom is -0.492 e. The predicted octanol–water partition coefficient (Wildman–Crippen LogP) is 3.88. The molecule has 1 aliphatic rings. The monoisotopic (exact) mass is 297 g/mol. The number of benzene rings is 1. The third-order valence-corrected chi connectivity index (χ3v) is 3.58. The highest BCUT2D eigenvalue weighted by molar-refractivity contribution is 9.10. The van der Waals surface area contributed by atoms with Crippen LogP contribution in [0.25, 0.3) is 0 Å². The summed E-state index contributed by atoms with van der Waals surface area (Å²) in [6.45, 7) is 3.89. The Morgan fingerprint density at radius 3 is 2.94 bits per heavy atom. The van der Waals surface area contributed by atoms with E-state index in [1.165, 1.54) is 24.8 Å². The Morgan fingerprint density at radius 2 is 2.24 bits per heavy atom. The molecule has 0 aromatic heterocycles. The third-order valence-electron chi connectivity index (χ3n) is 2.95. The van der Waals surface area contributed by atoms with Gasteiger partial charge in [-0.2, -0.15) is 0 Å². The second-order valence-electron chi connectivity index (χ2n) is 4.59. The normalized spacial score (nSPS) is 14.9. The second kappa shape index (κ2) is 6.41. The third kappa shape index (κ3) is 4.00. The molecule has 1 fully saturated rings. The Balaban J connectivity index is 1.98. The van der Waals surface area contributed by atoms with Gasteiger partial charge in [-0.15, -0.1) is 0 Å². The highest BCUT2D eigenvalue weighted by atomic mass is 79.9. The van der Waals surface area contributed by atoms with E-state index in [9.17, 15) is 0 Å². The van der Waals surface area contributed by atoms with Crippen molar-refractivity contribution in [1.29, 1.82) is 0 Å². The molecule has 1 aromatic rings. The Kier molecular flexibility index (Phi) is 4.86. The van der Waals surface area contributed by atoms with Gasteiger partial charge >= 0.3 is 0 Å². The second-order valence-corrected chi connectivity index (χ2v) is 5.44. The van der Waals surface area contributed by atoms with E-state index < -0.39 is 0 Å². The summed E-state index contributed by atoms with van der Waals surface area (Å²) in [6, 6.07) is 6.99. The van der Waals surface area contributed by atoms with Gasteiger partial charge in [0, 0.05) is 18.2 Å². The molecule has 0 spiro atoms. The molecule has 0 aliphatic heterocycles. The number of para-hydroxylation sites is 1. The molecule has 0 heterocycles. The highest BCUT2D eigenvalue weighted by Gasteiger charge is 2.20. The van der Waals surface area contributed by atoms with Crippen molar-refractivity contribution in [3.05, 3.63) is 28.2 Å². The zero-order chi connectivity index (χ0) is 12.1. The van der Waals surface area contributed by atoms with E-state index in [1.54, 1.807) is 0 Å². The predicted molar refractivity (Wildman–Crippen MR) is 74.4 cm³/mol. The number of hydrogen-bond donors (Lipinski definition) is 1. The first-order chi connectivity index (χ1) is 8.31. The maximum absolute atomic E-state index is 5.87. The van der Waals surface area contributed by atoms with Gasteiger partial charge in [0.05, 0.1) is 11.1 Å². The topological polar surface area (TPSA) is 21.3 Å². The fourth-order valence-corrected chi connectivity index (χ4v) is 2.24. The van der Waals surface area contributed by atoms with Gasteiger partial charge in [0.1, 0.15) is 5.75 Å². The number of rotatable bonds is 7. The van der Waals surface area contributed by atoms with E-state index in [-0.39, 0.29) is 0 Å². The van der Waals surface area contributed by atoms with Crippen LogP contribution in [0.3, 0.4) is 0 Å². The highest BCUT2D eigenvalue weighted by Crippen LogP contribution is 2.30. The average Bonchev–Trinajstić information content (AvgIpc) is 3.13. The van der Waals surface area contributed by atoms with Crippen molar-refractivity contribution in [3.8, 4) is 5.75 Å². The van der Waals surface area contributed by atoms with Gasteiger partial charge in [0.25, 0.3) is 0 Å². The van der Waals surface area contributed by atoms with Crippen LogP contribution in [-0.2, 0) is 6.54 Å². The molecule has 1 N–H and O–H groups in total. The Morgan fingerprint density at radius 1 is 1.41 bits per heavy atom. The molecule has 0 amide bonds. The summed E-state index contributed by atoms with van der Waals surface area (Å²) in [5.41, 5.74) is 1.25. The first-order valence-corrected chi connectivity index (χ1v) is 7.24. The van der Waals surface area contributed by atoms with Crippen molar-refractivity contribution in [3.63, 3.8) is 0 Å². The smallest absolute Gasteiger partial charge is 0.137 e. The van der Waals surface area contributed by atoms with E-state index >= 15 is 0 Å². The lowest BCUT2D eigenvalue weighted by Crippen LogP contribution is -2.16. The molecular weight excluding hydrogens is 278 g/mol. The maximum atomic E-state index is 5.87. The van der Waals surface area contributed by atoms with Gasteiger partial charge in [-0.1, -0.05) is 25.5 Å². The van der Waals surface area contributed by atoms with Crippen LogP contribution < -0.4 is 10.1 Å². The molecular formula is C14H20BrNO. The molecule has 1 aromatic carbocycles. The van der Waals surface area contributed by atoms with Gasteiger partial charge in [0.2, 0.25) is 0 Å². The summed E-state index contributed by atoms with van der Waals surface area (Å²) < 4.78 is 6.93. The van der Waals surface area contributed by atoms with Crippen LogP contribution in [0.15, 0.2) is 22.7 Å². The molecule has 1 aliphatic carbocycles. The average molecular weight is 298 g/mol. The van der Waals surface area contributed by atoms with Gasteiger partial charge in [0.15, 0.2) is 0 Å². The molecule has 94 valence electrons. The van der Waals surface area contributed by atoms with Gasteiger partial charge in [-0.25, -0.2) is 0 Å². The van der Waals surface area contributed by atoms with Gasteiger partial charge in [-0.3, -0.25) is 0 Å². The SMILES string of the molecule is CCCCOc1c(Br)cccc1CNC1CC1. The number of nitrogens with one attached hydrogen (secondary N) is 1. The summed E-state index contributed by atoms with van der Waals surface area (Å²) in [7, 11) is 0. The van der Waals surface area contributed by atoms with E-state index in [0.717, 1.165) is 35.8 Å². The largest absolute Gasteiger partial charge is 0.492 e. The molecule has 0 unspecified atom stereocenters. The number of unbranched alkanes of at least 4 members (excludes halogenated alkanes) is 1. The summed E-state index contributed by atoms with van der Waals surface area (Å²) in [4.78, 5) is 0. The fraction of sp³-hybridized carbons (Fsp3) is 0.571. The van der Waals surface area contributed by atoms with Crippen molar-refractivity contribution in [1.82, 2.24) is 5.32 Å². The first kappa shape index (κ1) is 12.9. The molecule has 0 radical (unpaired) electrons.